The molecule has 0 fully saturated rings. The van der Waals surface area contributed by atoms with E-state index in [0.717, 1.165) is 23.5 Å². The summed E-state index contributed by atoms with van der Waals surface area (Å²) in [6, 6.07) is 6.93. The number of amides is 1. The summed E-state index contributed by atoms with van der Waals surface area (Å²) in [5, 5.41) is 23.7. The molecule has 3 rings (SSSR count). The van der Waals surface area contributed by atoms with E-state index in [1.54, 1.807) is 37.6 Å². The minimum Gasteiger partial charge on any atom is -0.386 e. The van der Waals surface area contributed by atoms with Crippen molar-refractivity contribution in [2.45, 2.75) is 38.9 Å². The molecule has 0 aliphatic rings. The van der Waals surface area contributed by atoms with Crippen LogP contribution in [0.2, 0.25) is 0 Å². The Morgan fingerprint density at radius 2 is 1.65 bits per heavy atom. The lowest BCUT2D eigenvalue weighted by atomic mass is 9.96. The summed E-state index contributed by atoms with van der Waals surface area (Å²) in [6.07, 6.45) is 0. The van der Waals surface area contributed by atoms with Crippen molar-refractivity contribution in [1.82, 2.24) is 4.57 Å². The number of nitrogens with two attached hydrogens (primary N) is 1. The zero-order chi connectivity index (χ0) is 23.3. The Morgan fingerprint density at radius 3 is 2.10 bits per heavy atom. The second-order valence-corrected chi connectivity index (χ2v) is 9.49. The quantitative estimate of drug-likeness (QED) is 0.450. The highest BCUT2D eigenvalue weighted by Crippen LogP contribution is 2.40. The maximum atomic E-state index is 14.8. The normalized spacial score (nSPS) is 12.3. The first-order valence-corrected chi connectivity index (χ1v) is 10.3. The molecule has 31 heavy (non-hydrogen) atoms. The number of primary amides is 1. The minimum absolute atomic E-state index is 0.0800. The van der Waals surface area contributed by atoms with E-state index in [1.165, 1.54) is 19.9 Å². The SMILES string of the molecule is Cn1c(Nc2sc(-c3c(F)cc(C(C)(C)O)cc3F)cc2C(N)=O)ccc1C(C)(C)O. The smallest absolute Gasteiger partial charge is 0.251 e. The van der Waals surface area contributed by atoms with Gasteiger partial charge in [0.15, 0.2) is 0 Å². The fourth-order valence-corrected chi connectivity index (χ4v) is 4.44. The molecule has 0 saturated carbocycles. The van der Waals surface area contributed by atoms with Crippen molar-refractivity contribution in [2.75, 3.05) is 5.32 Å². The van der Waals surface area contributed by atoms with Gasteiger partial charge in [-0.1, -0.05) is 0 Å². The lowest BCUT2D eigenvalue weighted by Gasteiger charge is -2.19. The molecule has 6 nitrogen and oxygen atoms in total. The van der Waals surface area contributed by atoms with Crippen LogP contribution >= 0.6 is 11.3 Å². The summed E-state index contributed by atoms with van der Waals surface area (Å²) >= 11 is 0.973. The van der Waals surface area contributed by atoms with Gasteiger partial charge in [-0.2, -0.15) is 0 Å². The maximum Gasteiger partial charge on any atom is 0.251 e. The van der Waals surface area contributed by atoms with E-state index in [9.17, 15) is 23.8 Å². The number of halogens is 2. The first-order valence-electron chi connectivity index (χ1n) is 9.51. The van der Waals surface area contributed by atoms with Gasteiger partial charge in [0.1, 0.15) is 22.5 Å². The topological polar surface area (TPSA) is 101 Å². The predicted molar refractivity (Wildman–Crippen MR) is 117 cm³/mol. The minimum atomic E-state index is -1.41. The van der Waals surface area contributed by atoms with Crippen LogP contribution in [0.3, 0.4) is 0 Å². The lowest BCUT2D eigenvalue weighted by molar-refractivity contribution is 0.0709. The van der Waals surface area contributed by atoms with Gasteiger partial charge < -0.3 is 25.8 Å². The lowest BCUT2D eigenvalue weighted by Crippen LogP contribution is -2.20. The molecule has 0 aliphatic carbocycles. The molecule has 1 amide bonds. The highest BCUT2D eigenvalue weighted by Gasteiger charge is 2.25. The summed E-state index contributed by atoms with van der Waals surface area (Å²) < 4.78 is 31.3. The van der Waals surface area contributed by atoms with E-state index >= 15 is 0 Å². The molecular formula is C22H25F2N3O3S. The summed E-state index contributed by atoms with van der Waals surface area (Å²) in [5.74, 6) is -1.91. The molecule has 0 bridgehead atoms. The van der Waals surface area contributed by atoms with E-state index in [-0.39, 0.29) is 21.6 Å². The molecule has 9 heteroatoms. The number of carbonyl (C=O) groups excluding carboxylic acids is 1. The van der Waals surface area contributed by atoms with E-state index in [1.807, 2.05) is 0 Å². The van der Waals surface area contributed by atoms with Crippen LogP contribution in [-0.2, 0) is 18.2 Å². The molecular weight excluding hydrogens is 424 g/mol. The number of thiophene rings is 1. The number of hydrogen-bond acceptors (Lipinski definition) is 5. The van der Waals surface area contributed by atoms with Crippen molar-refractivity contribution in [3.8, 4) is 10.4 Å². The Hall–Kier alpha value is -2.75. The second kappa shape index (κ2) is 7.74. The number of anilines is 2. The molecule has 2 heterocycles. The first kappa shape index (κ1) is 22.9. The van der Waals surface area contributed by atoms with Crippen molar-refractivity contribution in [3.05, 3.63) is 58.8 Å². The fourth-order valence-electron chi connectivity index (χ4n) is 3.32. The molecule has 0 atom stereocenters. The van der Waals surface area contributed by atoms with Gasteiger partial charge in [-0.15, -0.1) is 11.3 Å². The molecule has 3 aromatic rings. The molecule has 166 valence electrons. The van der Waals surface area contributed by atoms with Crippen LogP contribution in [0.1, 0.15) is 49.3 Å². The van der Waals surface area contributed by atoms with Gasteiger partial charge in [0, 0.05) is 11.9 Å². The van der Waals surface area contributed by atoms with Crippen molar-refractivity contribution in [2.24, 2.45) is 12.8 Å². The summed E-state index contributed by atoms with van der Waals surface area (Å²) in [4.78, 5) is 12.2. The number of hydrogen-bond donors (Lipinski definition) is 4. The number of rotatable bonds is 6. The van der Waals surface area contributed by atoms with Crippen molar-refractivity contribution in [1.29, 1.82) is 0 Å². The van der Waals surface area contributed by atoms with Crippen LogP contribution in [0.25, 0.3) is 10.4 Å². The van der Waals surface area contributed by atoms with Gasteiger partial charge in [0.05, 0.1) is 28.0 Å². The Balaban J connectivity index is 2.07. The van der Waals surface area contributed by atoms with Gasteiger partial charge >= 0.3 is 0 Å². The molecule has 0 spiro atoms. The van der Waals surface area contributed by atoms with Crippen molar-refractivity contribution >= 4 is 28.1 Å². The molecule has 1 aromatic carbocycles. The molecule has 2 aromatic heterocycles. The van der Waals surface area contributed by atoms with E-state index in [2.05, 4.69) is 5.32 Å². The monoisotopic (exact) mass is 449 g/mol. The number of nitrogens with one attached hydrogen (secondary N) is 1. The zero-order valence-electron chi connectivity index (χ0n) is 17.9. The Bertz CT molecular complexity index is 1130. The number of aromatic nitrogens is 1. The zero-order valence-corrected chi connectivity index (χ0v) is 18.7. The van der Waals surface area contributed by atoms with E-state index < -0.39 is 28.7 Å². The van der Waals surface area contributed by atoms with Gasteiger partial charge in [-0.05, 0) is 63.6 Å². The number of nitrogens with zero attached hydrogens (tertiary/aromatic N) is 1. The Kier molecular flexibility index (Phi) is 5.72. The van der Waals surface area contributed by atoms with Crippen LogP contribution < -0.4 is 11.1 Å². The van der Waals surface area contributed by atoms with E-state index in [0.29, 0.717) is 16.5 Å². The average Bonchev–Trinajstić information content (AvgIpc) is 3.18. The van der Waals surface area contributed by atoms with Gasteiger partial charge in [-0.3, -0.25) is 4.79 Å². The van der Waals surface area contributed by atoms with Crippen LogP contribution in [0.15, 0.2) is 30.3 Å². The van der Waals surface area contributed by atoms with Gasteiger partial charge in [-0.25, -0.2) is 8.78 Å². The van der Waals surface area contributed by atoms with Crippen molar-refractivity contribution < 1.29 is 23.8 Å². The number of carbonyl (C=O) groups is 1. The predicted octanol–water partition coefficient (Wildman–Crippen LogP) is 4.33. The van der Waals surface area contributed by atoms with Crippen LogP contribution in [0.4, 0.5) is 19.6 Å². The highest BCUT2D eigenvalue weighted by atomic mass is 32.1. The summed E-state index contributed by atoms with van der Waals surface area (Å²) in [6.45, 7) is 6.15. The van der Waals surface area contributed by atoms with Crippen LogP contribution in [-0.4, -0.2) is 20.7 Å². The fraction of sp³-hybridized carbons (Fsp3) is 0.318. The van der Waals surface area contributed by atoms with E-state index in [4.69, 9.17) is 5.73 Å². The molecule has 0 saturated heterocycles. The van der Waals surface area contributed by atoms with Crippen molar-refractivity contribution in [3.63, 3.8) is 0 Å². The van der Waals surface area contributed by atoms with Crippen LogP contribution in [0.5, 0.6) is 0 Å². The third kappa shape index (κ3) is 4.48. The third-order valence-electron chi connectivity index (χ3n) is 4.98. The maximum absolute atomic E-state index is 14.8. The Morgan fingerprint density at radius 1 is 1.06 bits per heavy atom. The summed E-state index contributed by atoms with van der Waals surface area (Å²) in [7, 11) is 1.74. The Labute approximate surface area is 182 Å². The molecule has 0 unspecified atom stereocenters. The third-order valence-corrected chi connectivity index (χ3v) is 6.05. The number of benzene rings is 1. The van der Waals surface area contributed by atoms with Gasteiger partial charge in [0.25, 0.3) is 5.91 Å². The van der Waals surface area contributed by atoms with Gasteiger partial charge in [0.2, 0.25) is 0 Å². The standard InChI is InChI=1S/C22H25F2N3O3S/c1-21(2,29)11-8-13(23)18(14(24)9-11)15-10-12(19(25)28)20(31-15)26-17-7-6-16(27(17)5)22(3,4)30/h6-10,26,29-30H,1-5H3,(H2,25,28). The number of aliphatic hydroxyl groups is 2. The highest BCUT2D eigenvalue weighted by molar-refractivity contribution is 7.20. The molecule has 5 N–H and O–H groups in total. The average molecular weight is 450 g/mol. The first-order chi connectivity index (χ1) is 14.2. The largest absolute Gasteiger partial charge is 0.386 e. The second-order valence-electron chi connectivity index (χ2n) is 8.44. The molecule has 0 aliphatic heterocycles. The van der Waals surface area contributed by atoms with Crippen LogP contribution in [0, 0.1) is 11.6 Å². The molecule has 0 radical (unpaired) electrons. The summed E-state index contributed by atoms with van der Waals surface area (Å²) in [5.41, 5.74) is 3.49.